The van der Waals surface area contributed by atoms with Gasteiger partial charge in [-0.2, -0.15) is 0 Å². The second kappa shape index (κ2) is 11.6. The summed E-state index contributed by atoms with van der Waals surface area (Å²) >= 11 is 0. The van der Waals surface area contributed by atoms with Crippen LogP contribution in [0.3, 0.4) is 0 Å². The van der Waals surface area contributed by atoms with Gasteiger partial charge in [0.25, 0.3) is 5.91 Å². The number of benzene rings is 4. The van der Waals surface area contributed by atoms with E-state index < -0.39 is 6.10 Å². The fourth-order valence-corrected chi connectivity index (χ4v) is 3.36. The molecule has 1 amide bonds. The number of carbonyl (C=O) groups excluding carboxylic acids is 1. The normalized spacial score (nSPS) is 11.3. The molecule has 5 nitrogen and oxygen atoms in total. The van der Waals surface area contributed by atoms with Crippen LogP contribution in [0, 0.1) is 0 Å². The second-order valence-electron chi connectivity index (χ2n) is 7.68. The Bertz CT molecular complexity index is 1180. The number of amides is 1. The summed E-state index contributed by atoms with van der Waals surface area (Å²) in [5.74, 6) is 1.85. The van der Waals surface area contributed by atoms with Crippen LogP contribution in [-0.2, 0) is 4.79 Å². The van der Waals surface area contributed by atoms with Gasteiger partial charge in [-0.3, -0.25) is 4.79 Å². The maximum atomic E-state index is 12.6. The van der Waals surface area contributed by atoms with E-state index in [1.807, 2.05) is 91.0 Å². The first-order valence-corrected chi connectivity index (χ1v) is 11.2. The highest BCUT2D eigenvalue weighted by Crippen LogP contribution is 2.23. The van der Waals surface area contributed by atoms with E-state index in [2.05, 4.69) is 17.4 Å². The van der Waals surface area contributed by atoms with Crippen LogP contribution in [-0.4, -0.2) is 25.2 Å². The molecule has 4 aromatic rings. The van der Waals surface area contributed by atoms with Crippen LogP contribution in [0.2, 0.25) is 0 Å². The zero-order chi connectivity index (χ0) is 23.6. The lowest BCUT2D eigenvalue weighted by Gasteiger charge is -2.16. The van der Waals surface area contributed by atoms with Gasteiger partial charge in [0, 0.05) is 11.8 Å². The molecular weight excluding hydrogens is 426 g/mol. The number of ether oxygens (including phenoxy) is 3. The average molecular weight is 454 g/mol. The van der Waals surface area contributed by atoms with Crippen molar-refractivity contribution in [3.63, 3.8) is 0 Å². The Labute approximate surface area is 199 Å². The van der Waals surface area contributed by atoms with Crippen LogP contribution in [0.25, 0.3) is 11.1 Å². The molecule has 4 aromatic carbocycles. The number of hydrogen-bond acceptors (Lipinski definition) is 4. The predicted octanol–water partition coefficient (Wildman–Crippen LogP) is 6.22. The fraction of sp³-hybridized carbons (Fsp3) is 0.138. The Balaban J connectivity index is 1.26. The standard InChI is InChI=1S/C29H27NO4/c1-22(34-27-17-15-24(16-18-27)23-9-4-2-5-10-23)29(31)30-25-11-8-14-28(21-25)33-20-19-32-26-12-6-3-7-13-26/h2-18,21-22H,19-20H2,1H3,(H,30,31). The molecule has 1 unspecified atom stereocenters. The van der Waals surface area contributed by atoms with E-state index in [4.69, 9.17) is 14.2 Å². The van der Waals surface area contributed by atoms with Crippen LogP contribution in [0.15, 0.2) is 109 Å². The predicted molar refractivity (Wildman–Crippen MR) is 134 cm³/mol. The van der Waals surface area contributed by atoms with Crippen LogP contribution in [0.1, 0.15) is 6.92 Å². The van der Waals surface area contributed by atoms with Crippen molar-refractivity contribution in [1.29, 1.82) is 0 Å². The first-order valence-electron chi connectivity index (χ1n) is 11.2. The third-order valence-electron chi connectivity index (χ3n) is 5.11. The Morgan fingerprint density at radius 1 is 0.676 bits per heavy atom. The number of nitrogens with one attached hydrogen (secondary N) is 1. The van der Waals surface area contributed by atoms with Gasteiger partial charge < -0.3 is 19.5 Å². The summed E-state index contributed by atoms with van der Waals surface area (Å²) < 4.78 is 17.2. The van der Waals surface area contributed by atoms with Crippen molar-refractivity contribution in [3.05, 3.63) is 109 Å². The summed E-state index contributed by atoms with van der Waals surface area (Å²) in [5.41, 5.74) is 2.87. The van der Waals surface area contributed by atoms with Gasteiger partial charge in [-0.05, 0) is 54.4 Å². The monoisotopic (exact) mass is 453 g/mol. The summed E-state index contributed by atoms with van der Waals surface area (Å²) in [6.07, 6.45) is -0.661. The van der Waals surface area contributed by atoms with Crippen LogP contribution in [0.5, 0.6) is 17.2 Å². The molecule has 0 saturated heterocycles. The highest BCUT2D eigenvalue weighted by molar-refractivity contribution is 5.94. The lowest BCUT2D eigenvalue weighted by molar-refractivity contribution is -0.122. The van der Waals surface area contributed by atoms with E-state index in [9.17, 15) is 4.79 Å². The van der Waals surface area contributed by atoms with Crippen molar-refractivity contribution >= 4 is 11.6 Å². The van der Waals surface area contributed by atoms with Crippen LogP contribution in [0.4, 0.5) is 5.69 Å². The maximum absolute atomic E-state index is 12.6. The van der Waals surface area contributed by atoms with Gasteiger partial charge in [-0.25, -0.2) is 0 Å². The summed E-state index contributed by atoms with van der Waals surface area (Å²) in [6, 6.07) is 34.7. The molecule has 1 atom stereocenters. The summed E-state index contributed by atoms with van der Waals surface area (Å²) in [5, 5.41) is 2.88. The number of hydrogen-bond donors (Lipinski definition) is 1. The third kappa shape index (κ3) is 6.62. The number of anilines is 1. The lowest BCUT2D eigenvalue weighted by Crippen LogP contribution is -2.30. The van der Waals surface area contributed by atoms with Gasteiger partial charge in [0.15, 0.2) is 6.10 Å². The fourth-order valence-electron chi connectivity index (χ4n) is 3.36. The minimum atomic E-state index is -0.661. The van der Waals surface area contributed by atoms with Crippen molar-refractivity contribution in [2.75, 3.05) is 18.5 Å². The minimum absolute atomic E-state index is 0.239. The minimum Gasteiger partial charge on any atom is -0.490 e. The molecule has 0 aromatic heterocycles. The number of carbonyl (C=O) groups is 1. The third-order valence-corrected chi connectivity index (χ3v) is 5.11. The van der Waals surface area contributed by atoms with E-state index in [1.54, 1.807) is 13.0 Å². The molecule has 0 bridgehead atoms. The average Bonchev–Trinajstić information content (AvgIpc) is 2.88. The van der Waals surface area contributed by atoms with Gasteiger partial charge in [0.1, 0.15) is 30.5 Å². The zero-order valence-corrected chi connectivity index (χ0v) is 19.0. The Morgan fingerprint density at radius 3 is 1.97 bits per heavy atom. The summed E-state index contributed by atoms with van der Waals surface area (Å²) in [7, 11) is 0. The molecule has 172 valence electrons. The number of rotatable bonds is 10. The molecule has 0 aliphatic rings. The molecule has 4 rings (SSSR count). The largest absolute Gasteiger partial charge is 0.490 e. The smallest absolute Gasteiger partial charge is 0.265 e. The molecule has 0 heterocycles. The maximum Gasteiger partial charge on any atom is 0.265 e. The molecule has 0 radical (unpaired) electrons. The van der Waals surface area contributed by atoms with Crippen molar-refractivity contribution in [2.45, 2.75) is 13.0 Å². The number of para-hydroxylation sites is 1. The van der Waals surface area contributed by atoms with E-state index in [-0.39, 0.29) is 5.91 Å². The summed E-state index contributed by atoms with van der Waals surface area (Å²) in [6.45, 7) is 2.54. The van der Waals surface area contributed by atoms with E-state index in [0.717, 1.165) is 16.9 Å². The molecule has 34 heavy (non-hydrogen) atoms. The van der Waals surface area contributed by atoms with E-state index in [0.29, 0.717) is 30.4 Å². The molecule has 0 aliphatic heterocycles. The van der Waals surface area contributed by atoms with Gasteiger partial charge in [-0.1, -0.05) is 66.7 Å². The van der Waals surface area contributed by atoms with E-state index in [1.165, 1.54) is 0 Å². The Morgan fingerprint density at radius 2 is 1.26 bits per heavy atom. The van der Waals surface area contributed by atoms with Crippen molar-refractivity contribution in [3.8, 4) is 28.4 Å². The SMILES string of the molecule is CC(Oc1ccc(-c2ccccc2)cc1)C(=O)Nc1cccc(OCCOc2ccccc2)c1. The lowest BCUT2D eigenvalue weighted by atomic mass is 10.1. The highest BCUT2D eigenvalue weighted by Gasteiger charge is 2.15. The van der Waals surface area contributed by atoms with Crippen molar-refractivity contribution < 1.29 is 19.0 Å². The Kier molecular flexibility index (Phi) is 7.80. The van der Waals surface area contributed by atoms with E-state index >= 15 is 0 Å². The summed E-state index contributed by atoms with van der Waals surface area (Å²) in [4.78, 5) is 12.6. The highest BCUT2D eigenvalue weighted by atomic mass is 16.5. The van der Waals surface area contributed by atoms with Gasteiger partial charge in [0.05, 0.1) is 0 Å². The molecule has 0 fully saturated rings. The topological polar surface area (TPSA) is 56.8 Å². The van der Waals surface area contributed by atoms with Crippen LogP contribution >= 0.6 is 0 Å². The van der Waals surface area contributed by atoms with Gasteiger partial charge in [-0.15, -0.1) is 0 Å². The van der Waals surface area contributed by atoms with Crippen molar-refractivity contribution in [1.82, 2.24) is 0 Å². The molecule has 0 aliphatic carbocycles. The second-order valence-corrected chi connectivity index (χ2v) is 7.68. The molecule has 0 spiro atoms. The van der Waals surface area contributed by atoms with Crippen molar-refractivity contribution in [2.24, 2.45) is 0 Å². The molecule has 1 N–H and O–H groups in total. The first kappa shape index (κ1) is 22.9. The zero-order valence-electron chi connectivity index (χ0n) is 19.0. The first-order chi connectivity index (χ1) is 16.7. The molecule has 5 heteroatoms. The molecular formula is C29H27NO4. The Hall–Kier alpha value is -4.25. The molecule has 0 saturated carbocycles. The van der Waals surface area contributed by atoms with Crippen LogP contribution < -0.4 is 19.5 Å². The quantitative estimate of drug-likeness (QED) is 0.290. The van der Waals surface area contributed by atoms with Gasteiger partial charge >= 0.3 is 0 Å². The van der Waals surface area contributed by atoms with Gasteiger partial charge in [0.2, 0.25) is 0 Å².